The summed E-state index contributed by atoms with van der Waals surface area (Å²) in [5, 5.41) is 2.99. The molecule has 1 heterocycles. The number of unbranched alkanes of at least 4 members (excludes halogenated alkanes) is 2. The van der Waals surface area contributed by atoms with Crippen molar-refractivity contribution in [1.82, 2.24) is 14.9 Å². The summed E-state index contributed by atoms with van der Waals surface area (Å²) in [6.45, 7) is 4.99. The molecular weight excluding hydrogens is 350 g/mol. The largest absolute Gasteiger partial charge is 0.380 e. The lowest BCUT2D eigenvalue weighted by atomic mass is 10.1. The highest BCUT2D eigenvalue weighted by Crippen LogP contribution is 2.17. The van der Waals surface area contributed by atoms with Crippen LogP contribution in [0.5, 0.6) is 0 Å². The Labute approximate surface area is 166 Å². The fourth-order valence-corrected chi connectivity index (χ4v) is 3.34. The summed E-state index contributed by atoms with van der Waals surface area (Å²) in [4.78, 5) is 16.8. The van der Waals surface area contributed by atoms with Crippen LogP contribution < -0.4 is 5.32 Å². The minimum absolute atomic E-state index is 0.00156. The molecule has 1 N–H and O–H groups in total. The van der Waals surface area contributed by atoms with Gasteiger partial charge < -0.3 is 14.6 Å². The molecule has 0 unspecified atom stereocenters. The number of fused-ring (bicyclic) bond motifs is 1. The Morgan fingerprint density at radius 3 is 2.64 bits per heavy atom. The number of ether oxygens (including phenoxy) is 1. The highest BCUT2D eigenvalue weighted by molar-refractivity contribution is 5.94. The molecule has 1 aromatic heterocycles. The first-order valence-electron chi connectivity index (χ1n) is 10.1. The molecule has 2 aromatic carbocycles. The van der Waals surface area contributed by atoms with E-state index in [4.69, 9.17) is 9.72 Å². The predicted octanol–water partition coefficient (Wildman–Crippen LogP) is 4.22. The van der Waals surface area contributed by atoms with Gasteiger partial charge in [0.05, 0.1) is 17.6 Å². The Morgan fingerprint density at radius 1 is 1.04 bits per heavy atom. The van der Waals surface area contributed by atoms with E-state index in [1.807, 2.05) is 43.3 Å². The van der Waals surface area contributed by atoms with E-state index in [-0.39, 0.29) is 5.91 Å². The molecular formula is C23H29N3O2. The van der Waals surface area contributed by atoms with Gasteiger partial charge in [0.25, 0.3) is 5.91 Å². The highest BCUT2D eigenvalue weighted by Gasteiger charge is 2.10. The highest BCUT2D eigenvalue weighted by atomic mass is 16.5. The van der Waals surface area contributed by atoms with E-state index in [2.05, 4.69) is 28.1 Å². The lowest BCUT2D eigenvalue weighted by Gasteiger charge is -2.09. The zero-order chi connectivity index (χ0) is 19.6. The SMILES string of the molecule is CCOCCn1c(CCCCCNC(=O)c2ccccc2)nc2ccccc21. The molecule has 0 fully saturated rings. The van der Waals surface area contributed by atoms with Gasteiger partial charge in [-0.05, 0) is 44.0 Å². The van der Waals surface area contributed by atoms with Crippen LogP contribution in [0.15, 0.2) is 54.6 Å². The van der Waals surface area contributed by atoms with Gasteiger partial charge in [0.2, 0.25) is 0 Å². The molecule has 0 bridgehead atoms. The Balaban J connectivity index is 1.46. The van der Waals surface area contributed by atoms with E-state index < -0.39 is 0 Å². The van der Waals surface area contributed by atoms with Crippen molar-refractivity contribution in [3.8, 4) is 0 Å². The topological polar surface area (TPSA) is 56.1 Å². The summed E-state index contributed by atoms with van der Waals surface area (Å²) in [5.74, 6) is 1.12. The molecule has 28 heavy (non-hydrogen) atoms. The van der Waals surface area contributed by atoms with Crippen LogP contribution in [0.2, 0.25) is 0 Å². The first-order valence-corrected chi connectivity index (χ1v) is 10.1. The van der Waals surface area contributed by atoms with Crippen LogP contribution >= 0.6 is 0 Å². The van der Waals surface area contributed by atoms with Crippen LogP contribution in [-0.2, 0) is 17.7 Å². The molecule has 148 valence electrons. The van der Waals surface area contributed by atoms with Crippen molar-refractivity contribution in [2.24, 2.45) is 0 Å². The van der Waals surface area contributed by atoms with Crippen LogP contribution in [-0.4, -0.2) is 35.2 Å². The fraction of sp³-hybridized carbons (Fsp3) is 0.391. The number of amides is 1. The molecule has 0 radical (unpaired) electrons. The standard InChI is InChI=1S/C23H29N3O2/c1-2-28-18-17-26-21-14-9-8-13-20(21)25-22(26)15-7-4-10-16-24-23(27)19-11-5-3-6-12-19/h3,5-6,8-9,11-14H,2,4,7,10,15-18H2,1H3,(H,24,27). The van der Waals surface area contributed by atoms with Crippen molar-refractivity contribution in [2.45, 2.75) is 39.2 Å². The second kappa shape index (κ2) is 10.6. The average Bonchev–Trinajstić information content (AvgIpc) is 3.09. The Bertz CT molecular complexity index is 874. The zero-order valence-corrected chi connectivity index (χ0v) is 16.6. The summed E-state index contributed by atoms with van der Waals surface area (Å²) in [6, 6.07) is 17.6. The molecule has 0 aliphatic carbocycles. The summed E-state index contributed by atoms with van der Waals surface area (Å²) < 4.78 is 7.82. The first-order chi connectivity index (χ1) is 13.8. The number of aryl methyl sites for hydroxylation is 1. The van der Waals surface area contributed by atoms with E-state index in [9.17, 15) is 4.79 Å². The number of benzene rings is 2. The van der Waals surface area contributed by atoms with Gasteiger partial charge in [0.1, 0.15) is 5.82 Å². The number of rotatable bonds is 11. The molecule has 1 amide bonds. The minimum Gasteiger partial charge on any atom is -0.380 e. The number of imidazole rings is 1. The van der Waals surface area contributed by atoms with Gasteiger partial charge in [0.15, 0.2) is 0 Å². The number of aromatic nitrogens is 2. The van der Waals surface area contributed by atoms with Crippen LogP contribution in [0.3, 0.4) is 0 Å². The number of hydrogen-bond acceptors (Lipinski definition) is 3. The van der Waals surface area contributed by atoms with Crippen molar-refractivity contribution < 1.29 is 9.53 Å². The molecule has 3 rings (SSSR count). The maximum Gasteiger partial charge on any atom is 0.251 e. The molecule has 0 aliphatic rings. The molecule has 0 atom stereocenters. The van der Waals surface area contributed by atoms with E-state index in [1.54, 1.807) is 0 Å². The van der Waals surface area contributed by atoms with Gasteiger partial charge in [-0.15, -0.1) is 0 Å². The number of carbonyl (C=O) groups excluding carboxylic acids is 1. The number of para-hydroxylation sites is 2. The van der Waals surface area contributed by atoms with Crippen molar-refractivity contribution >= 4 is 16.9 Å². The molecule has 3 aromatic rings. The van der Waals surface area contributed by atoms with Gasteiger partial charge >= 0.3 is 0 Å². The number of hydrogen-bond donors (Lipinski definition) is 1. The van der Waals surface area contributed by atoms with Gasteiger partial charge in [-0.25, -0.2) is 4.98 Å². The third-order valence-electron chi connectivity index (χ3n) is 4.80. The Hall–Kier alpha value is -2.66. The minimum atomic E-state index is -0.00156. The van der Waals surface area contributed by atoms with E-state index in [0.717, 1.165) is 50.2 Å². The Kier molecular flexibility index (Phi) is 7.62. The van der Waals surface area contributed by atoms with Gasteiger partial charge in [0, 0.05) is 31.7 Å². The quantitative estimate of drug-likeness (QED) is 0.508. The lowest BCUT2D eigenvalue weighted by Crippen LogP contribution is -2.24. The van der Waals surface area contributed by atoms with Crippen LogP contribution in [0.1, 0.15) is 42.4 Å². The maximum atomic E-state index is 12.0. The third-order valence-corrected chi connectivity index (χ3v) is 4.80. The number of nitrogens with zero attached hydrogens (tertiary/aromatic N) is 2. The second-order valence-corrected chi connectivity index (χ2v) is 6.80. The van der Waals surface area contributed by atoms with Gasteiger partial charge in [-0.3, -0.25) is 4.79 Å². The van der Waals surface area contributed by atoms with Crippen molar-refractivity contribution in [3.63, 3.8) is 0 Å². The molecule has 0 aliphatic heterocycles. The smallest absolute Gasteiger partial charge is 0.251 e. The van der Waals surface area contributed by atoms with Crippen LogP contribution in [0, 0.1) is 0 Å². The number of carbonyl (C=O) groups is 1. The molecule has 0 spiro atoms. The first kappa shape index (κ1) is 20.1. The fourth-order valence-electron chi connectivity index (χ4n) is 3.34. The van der Waals surface area contributed by atoms with Crippen LogP contribution in [0.4, 0.5) is 0 Å². The molecule has 5 heteroatoms. The van der Waals surface area contributed by atoms with E-state index in [1.165, 1.54) is 5.52 Å². The van der Waals surface area contributed by atoms with Crippen molar-refractivity contribution in [2.75, 3.05) is 19.8 Å². The summed E-state index contributed by atoms with van der Waals surface area (Å²) >= 11 is 0. The lowest BCUT2D eigenvalue weighted by molar-refractivity contribution is 0.0953. The molecule has 5 nitrogen and oxygen atoms in total. The van der Waals surface area contributed by atoms with E-state index in [0.29, 0.717) is 18.7 Å². The van der Waals surface area contributed by atoms with Gasteiger partial charge in [-0.2, -0.15) is 0 Å². The summed E-state index contributed by atoms with van der Waals surface area (Å²) in [6.07, 6.45) is 4.02. The van der Waals surface area contributed by atoms with Gasteiger partial charge in [-0.1, -0.05) is 36.8 Å². The molecule has 0 saturated heterocycles. The predicted molar refractivity (Wildman–Crippen MR) is 113 cm³/mol. The van der Waals surface area contributed by atoms with Crippen molar-refractivity contribution in [1.29, 1.82) is 0 Å². The second-order valence-electron chi connectivity index (χ2n) is 6.80. The third kappa shape index (κ3) is 5.42. The zero-order valence-electron chi connectivity index (χ0n) is 16.6. The number of nitrogens with one attached hydrogen (secondary N) is 1. The molecule has 0 saturated carbocycles. The Morgan fingerprint density at radius 2 is 1.82 bits per heavy atom. The monoisotopic (exact) mass is 379 g/mol. The van der Waals surface area contributed by atoms with Crippen LogP contribution in [0.25, 0.3) is 11.0 Å². The van der Waals surface area contributed by atoms with Crippen molar-refractivity contribution in [3.05, 3.63) is 66.0 Å². The average molecular weight is 380 g/mol. The summed E-state index contributed by atoms with van der Waals surface area (Å²) in [5.41, 5.74) is 2.93. The normalized spacial score (nSPS) is 11.0. The maximum absolute atomic E-state index is 12.0. The summed E-state index contributed by atoms with van der Waals surface area (Å²) in [7, 11) is 0. The van der Waals surface area contributed by atoms with E-state index >= 15 is 0 Å².